The summed E-state index contributed by atoms with van der Waals surface area (Å²) in [6.45, 7) is 8.60. The van der Waals surface area contributed by atoms with Gasteiger partial charge in [0.25, 0.3) is 5.91 Å². The first kappa shape index (κ1) is 15.9. The van der Waals surface area contributed by atoms with Crippen molar-refractivity contribution < 1.29 is 4.79 Å². The maximum atomic E-state index is 12.4. The number of aromatic nitrogens is 2. The fourth-order valence-electron chi connectivity index (χ4n) is 2.87. The molecule has 1 atom stereocenters. The third-order valence-corrected chi connectivity index (χ3v) is 4.22. The number of rotatable bonds is 3. The molecular weight excluding hydrogens is 262 g/mol. The van der Waals surface area contributed by atoms with Crippen molar-refractivity contribution >= 4 is 5.91 Å². The molecule has 0 spiro atoms. The predicted molar refractivity (Wildman–Crippen MR) is 84.0 cm³/mol. The highest BCUT2D eigenvalue weighted by molar-refractivity contribution is 5.91. The van der Waals surface area contributed by atoms with E-state index in [2.05, 4.69) is 30.7 Å². The number of carbonyl (C=O) groups excluding carboxylic acids is 1. The van der Waals surface area contributed by atoms with Crippen LogP contribution >= 0.6 is 0 Å². The Bertz CT molecular complexity index is 453. The molecule has 4 nitrogen and oxygen atoms in total. The van der Waals surface area contributed by atoms with E-state index in [-0.39, 0.29) is 5.91 Å². The van der Waals surface area contributed by atoms with Crippen LogP contribution in [0.1, 0.15) is 63.4 Å². The molecule has 2 heterocycles. The highest BCUT2D eigenvalue weighted by Gasteiger charge is 2.23. The summed E-state index contributed by atoms with van der Waals surface area (Å²) in [6, 6.07) is 0. The van der Waals surface area contributed by atoms with Crippen LogP contribution in [0.2, 0.25) is 0 Å². The molecule has 1 fully saturated rings. The second-order valence-electron chi connectivity index (χ2n) is 7.28. The maximum Gasteiger partial charge on any atom is 0.274 e. The van der Waals surface area contributed by atoms with Gasteiger partial charge < -0.3 is 4.90 Å². The quantitative estimate of drug-likeness (QED) is 0.855. The van der Waals surface area contributed by atoms with Crippen molar-refractivity contribution in [1.29, 1.82) is 0 Å². The minimum atomic E-state index is 0.0274. The van der Waals surface area contributed by atoms with Crippen LogP contribution in [0.25, 0.3) is 0 Å². The smallest absolute Gasteiger partial charge is 0.274 e. The molecule has 1 aliphatic rings. The van der Waals surface area contributed by atoms with Crippen molar-refractivity contribution in [1.82, 2.24) is 14.9 Å². The van der Waals surface area contributed by atoms with E-state index in [0.29, 0.717) is 11.1 Å². The molecule has 4 heteroatoms. The zero-order valence-electron chi connectivity index (χ0n) is 13.5. The van der Waals surface area contributed by atoms with Gasteiger partial charge in [0.2, 0.25) is 0 Å². The molecule has 0 N–H and O–H groups in total. The molecule has 1 amide bonds. The van der Waals surface area contributed by atoms with Crippen LogP contribution in [0.3, 0.4) is 0 Å². The molecule has 0 saturated carbocycles. The summed E-state index contributed by atoms with van der Waals surface area (Å²) >= 11 is 0. The van der Waals surface area contributed by atoms with Crippen LogP contribution < -0.4 is 0 Å². The highest BCUT2D eigenvalue weighted by atomic mass is 16.2. The first-order valence-corrected chi connectivity index (χ1v) is 8.01. The zero-order valence-corrected chi connectivity index (χ0v) is 13.5. The monoisotopic (exact) mass is 289 g/mol. The SMILES string of the molecule is CC(C)(C)CCC1CCCN(C(=O)c2cnccn2)CC1. The number of carbonyl (C=O) groups is 1. The van der Waals surface area contributed by atoms with Crippen molar-refractivity contribution in [3.63, 3.8) is 0 Å². The fourth-order valence-corrected chi connectivity index (χ4v) is 2.87. The van der Waals surface area contributed by atoms with Gasteiger partial charge in [-0.3, -0.25) is 9.78 Å². The Morgan fingerprint density at radius 2 is 2.10 bits per heavy atom. The molecule has 116 valence electrons. The van der Waals surface area contributed by atoms with Crippen molar-refractivity contribution in [3.8, 4) is 0 Å². The van der Waals surface area contributed by atoms with E-state index in [9.17, 15) is 4.79 Å². The van der Waals surface area contributed by atoms with Crippen LogP contribution in [-0.2, 0) is 0 Å². The lowest BCUT2D eigenvalue weighted by atomic mass is 9.84. The predicted octanol–water partition coefficient (Wildman–Crippen LogP) is 3.55. The van der Waals surface area contributed by atoms with Crippen LogP contribution in [0.15, 0.2) is 18.6 Å². The van der Waals surface area contributed by atoms with E-state index in [1.807, 2.05) is 4.90 Å². The number of hydrogen-bond acceptors (Lipinski definition) is 3. The topological polar surface area (TPSA) is 46.1 Å². The lowest BCUT2D eigenvalue weighted by molar-refractivity contribution is 0.0753. The number of likely N-dealkylation sites (tertiary alicyclic amines) is 1. The van der Waals surface area contributed by atoms with Gasteiger partial charge in [0.15, 0.2) is 0 Å². The molecule has 1 aromatic rings. The van der Waals surface area contributed by atoms with Crippen molar-refractivity contribution in [3.05, 3.63) is 24.3 Å². The number of nitrogens with zero attached hydrogens (tertiary/aromatic N) is 3. The Balaban J connectivity index is 1.87. The molecule has 0 aliphatic carbocycles. The molecule has 21 heavy (non-hydrogen) atoms. The van der Waals surface area contributed by atoms with Gasteiger partial charge >= 0.3 is 0 Å². The molecule has 1 aliphatic heterocycles. The molecule has 2 rings (SSSR count). The standard InChI is InChI=1S/C17H27N3O/c1-17(2,3)8-6-14-5-4-11-20(12-7-14)16(21)15-13-18-9-10-19-15/h9-10,13-14H,4-8,11-12H2,1-3H3. The average molecular weight is 289 g/mol. The molecule has 1 unspecified atom stereocenters. The van der Waals surface area contributed by atoms with Gasteiger partial charge in [-0.2, -0.15) is 0 Å². The molecule has 1 saturated heterocycles. The molecule has 0 aromatic carbocycles. The van der Waals surface area contributed by atoms with Crippen molar-refractivity contribution in [2.45, 2.75) is 52.9 Å². The summed E-state index contributed by atoms with van der Waals surface area (Å²) < 4.78 is 0. The van der Waals surface area contributed by atoms with Gasteiger partial charge in [0.05, 0.1) is 6.20 Å². The van der Waals surface area contributed by atoms with E-state index in [1.165, 1.54) is 19.3 Å². The van der Waals surface area contributed by atoms with Crippen LogP contribution in [0.5, 0.6) is 0 Å². The van der Waals surface area contributed by atoms with Crippen LogP contribution in [0, 0.1) is 11.3 Å². The fraction of sp³-hybridized carbons (Fsp3) is 0.706. The summed E-state index contributed by atoms with van der Waals surface area (Å²) in [5.41, 5.74) is 0.868. The Morgan fingerprint density at radius 3 is 2.76 bits per heavy atom. The second-order valence-corrected chi connectivity index (χ2v) is 7.28. The minimum Gasteiger partial charge on any atom is -0.337 e. The third-order valence-electron chi connectivity index (χ3n) is 4.22. The van der Waals surface area contributed by atoms with Crippen molar-refractivity contribution in [2.75, 3.05) is 13.1 Å². The van der Waals surface area contributed by atoms with E-state index >= 15 is 0 Å². The molecule has 0 bridgehead atoms. The first-order chi connectivity index (χ1) is 9.96. The number of hydrogen-bond donors (Lipinski definition) is 0. The second kappa shape index (κ2) is 7.01. The summed E-state index contributed by atoms with van der Waals surface area (Å²) in [5, 5.41) is 0. The van der Waals surface area contributed by atoms with E-state index < -0.39 is 0 Å². The lowest BCUT2D eigenvalue weighted by Gasteiger charge is -2.22. The Hall–Kier alpha value is -1.45. The summed E-state index contributed by atoms with van der Waals surface area (Å²) in [7, 11) is 0. The normalized spacial score (nSPS) is 20.1. The highest BCUT2D eigenvalue weighted by Crippen LogP contribution is 2.29. The summed E-state index contributed by atoms with van der Waals surface area (Å²) in [6.07, 6.45) is 10.7. The molecular formula is C17H27N3O. The van der Waals surface area contributed by atoms with Gasteiger partial charge in [-0.1, -0.05) is 20.8 Å². The van der Waals surface area contributed by atoms with Gasteiger partial charge in [0.1, 0.15) is 5.69 Å². The van der Waals surface area contributed by atoms with E-state index in [4.69, 9.17) is 0 Å². The first-order valence-electron chi connectivity index (χ1n) is 8.01. The summed E-state index contributed by atoms with van der Waals surface area (Å²) in [4.78, 5) is 22.4. The van der Waals surface area contributed by atoms with Crippen LogP contribution in [-0.4, -0.2) is 33.9 Å². The van der Waals surface area contributed by atoms with E-state index in [0.717, 1.165) is 31.8 Å². The summed E-state index contributed by atoms with van der Waals surface area (Å²) in [5.74, 6) is 0.781. The zero-order chi connectivity index (χ0) is 15.3. The Kier molecular flexibility index (Phi) is 5.32. The number of amides is 1. The maximum absolute atomic E-state index is 12.4. The van der Waals surface area contributed by atoms with Gasteiger partial charge in [-0.25, -0.2) is 4.98 Å². The molecule has 0 radical (unpaired) electrons. The van der Waals surface area contributed by atoms with E-state index in [1.54, 1.807) is 18.6 Å². The Labute approximate surface area is 128 Å². The van der Waals surface area contributed by atoms with Gasteiger partial charge in [-0.05, 0) is 43.4 Å². The third kappa shape index (κ3) is 5.10. The van der Waals surface area contributed by atoms with Gasteiger partial charge in [0, 0.05) is 25.5 Å². The minimum absolute atomic E-state index is 0.0274. The van der Waals surface area contributed by atoms with Crippen LogP contribution in [0.4, 0.5) is 0 Å². The Morgan fingerprint density at radius 1 is 1.29 bits per heavy atom. The largest absolute Gasteiger partial charge is 0.337 e. The lowest BCUT2D eigenvalue weighted by Crippen LogP contribution is -2.32. The van der Waals surface area contributed by atoms with Gasteiger partial charge in [-0.15, -0.1) is 0 Å². The average Bonchev–Trinajstić information content (AvgIpc) is 2.70. The molecule has 1 aromatic heterocycles. The van der Waals surface area contributed by atoms with Crippen molar-refractivity contribution in [2.24, 2.45) is 11.3 Å².